The molecule has 0 bridgehead atoms. The normalized spacial score (nSPS) is 10.8. The third-order valence-electron chi connectivity index (χ3n) is 2.88. The van der Waals surface area contributed by atoms with Crippen molar-refractivity contribution in [1.82, 2.24) is 15.2 Å². The van der Waals surface area contributed by atoms with Gasteiger partial charge in [0, 0.05) is 21.2 Å². The average molecular weight is 417 g/mol. The lowest BCUT2D eigenvalue weighted by molar-refractivity contribution is 0.102. The van der Waals surface area contributed by atoms with Crippen molar-refractivity contribution in [2.24, 2.45) is 0 Å². The predicted molar refractivity (Wildman–Crippen MR) is 101 cm³/mol. The Labute approximate surface area is 160 Å². The summed E-state index contributed by atoms with van der Waals surface area (Å²) in [5, 5.41) is 14.9. The van der Waals surface area contributed by atoms with Crippen molar-refractivity contribution >= 4 is 68.7 Å². The number of amides is 1. The Kier molecular flexibility index (Phi) is 5.72. The molecule has 0 spiro atoms. The highest BCUT2D eigenvalue weighted by Gasteiger charge is 2.14. The number of hydrogen-bond donors (Lipinski definition) is 1. The van der Waals surface area contributed by atoms with Crippen molar-refractivity contribution in [3.05, 3.63) is 49.9 Å². The summed E-state index contributed by atoms with van der Waals surface area (Å²) in [5.41, 5.74) is 1.23. The van der Waals surface area contributed by atoms with E-state index in [1.165, 1.54) is 34.4 Å². The zero-order chi connectivity index (χ0) is 17.1. The van der Waals surface area contributed by atoms with Gasteiger partial charge in [-0.3, -0.25) is 10.1 Å². The quantitative estimate of drug-likeness (QED) is 0.459. The molecule has 0 saturated carbocycles. The van der Waals surface area contributed by atoms with Crippen LogP contribution in [0.1, 0.15) is 21.1 Å². The monoisotopic (exact) mass is 416 g/mol. The molecule has 1 aromatic carbocycles. The lowest BCUT2D eigenvalue weighted by atomic mass is 10.2. The van der Waals surface area contributed by atoms with Crippen LogP contribution in [0.2, 0.25) is 10.0 Å². The lowest BCUT2D eigenvalue weighted by Crippen LogP contribution is -2.12. The summed E-state index contributed by atoms with van der Waals surface area (Å²) in [7, 11) is 0. The molecule has 0 fully saturated rings. The molecule has 0 aliphatic rings. The number of aryl methyl sites for hydroxylation is 1. The maximum absolute atomic E-state index is 12.0. The van der Waals surface area contributed by atoms with E-state index in [2.05, 4.69) is 20.5 Å². The number of halogens is 2. The number of carbonyl (C=O) groups is 1. The van der Waals surface area contributed by atoms with E-state index in [9.17, 15) is 4.79 Å². The van der Waals surface area contributed by atoms with Gasteiger partial charge in [0.2, 0.25) is 5.13 Å². The number of carbonyl (C=O) groups excluding carboxylic acids is 1. The van der Waals surface area contributed by atoms with Gasteiger partial charge in [0.25, 0.3) is 5.91 Å². The zero-order valence-electron chi connectivity index (χ0n) is 12.2. The maximum Gasteiger partial charge on any atom is 0.276 e. The van der Waals surface area contributed by atoms with Crippen LogP contribution in [0.3, 0.4) is 0 Å². The first-order valence-corrected chi connectivity index (χ1v) is 10.1. The molecule has 3 rings (SSSR count). The average Bonchev–Trinajstić information content (AvgIpc) is 3.16. The molecule has 0 radical (unpaired) electrons. The Morgan fingerprint density at radius 3 is 2.71 bits per heavy atom. The summed E-state index contributed by atoms with van der Waals surface area (Å²) < 4.78 is 0.718. The molecule has 2 heterocycles. The van der Waals surface area contributed by atoms with Crippen LogP contribution >= 0.6 is 57.6 Å². The van der Waals surface area contributed by atoms with E-state index in [1.54, 1.807) is 23.6 Å². The van der Waals surface area contributed by atoms with Crippen LogP contribution in [0, 0.1) is 6.92 Å². The third kappa shape index (κ3) is 4.25. The fourth-order valence-corrected chi connectivity index (χ4v) is 4.83. The van der Waals surface area contributed by atoms with Crippen molar-refractivity contribution < 1.29 is 4.79 Å². The van der Waals surface area contributed by atoms with Gasteiger partial charge in [-0.15, -0.1) is 21.5 Å². The molecule has 0 saturated heterocycles. The van der Waals surface area contributed by atoms with Gasteiger partial charge in [-0.05, 0) is 24.6 Å². The first-order valence-electron chi connectivity index (χ1n) is 6.65. The zero-order valence-corrected chi connectivity index (χ0v) is 16.2. The number of aromatic nitrogens is 3. The van der Waals surface area contributed by atoms with Gasteiger partial charge >= 0.3 is 0 Å². The second-order valence-corrected chi connectivity index (χ2v) is 8.64. The fourth-order valence-electron chi connectivity index (χ4n) is 1.75. The van der Waals surface area contributed by atoms with Crippen LogP contribution in [0.15, 0.2) is 27.9 Å². The minimum absolute atomic E-state index is 0.291. The van der Waals surface area contributed by atoms with Crippen LogP contribution in [0.25, 0.3) is 0 Å². The molecule has 0 unspecified atom stereocenters. The molecule has 24 heavy (non-hydrogen) atoms. The second kappa shape index (κ2) is 7.79. The number of nitrogens with zero attached hydrogens (tertiary/aromatic N) is 3. The van der Waals surface area contributed by atoms with Gasteiger partial charge in [-0.25, -0.2) is 4.98 Å². The Balaban J connectivity index is 1.62. The van der Waals surface area contributed by atoms with E-state index in [4.69, 9.17) is 23.2 Å². The molecule has 1 N–H and O–H groups in total. The summed E-state index contributed by atoms with van der Waals surface area (Å²) in [6.07, 6.45) is 0. The number of benzene rings is 1. The summed E-state index contributed by atoms with van der Waals surface area (Å²) in [6.45, 7) is 1.85. The van der Waals surface area contributed by atoms with Crippen LogP contribution in [-0.2, 0) is 5.75 Å². The Bertz CT molecular complexity index is 860. The molecule has 1 amide bonds. The van der Waals surface area contributed by atoms with Crippen molar-refractivity contribution in [2.75, 3.05) is 5.32 Å². The summed E-state index contributed by atoms with van der Waals surface area (Å²) in [5.74, 6) is 0.285. The van der Waals surface area contributed by atoms with Gasteiger partial charge in [0.05, 0.1) is 5.01 Å². The minimum atomic E-state index is -0.291. The Hall–Kier alpha value is -1.19. The van der Waals surface area contributed by atoms with Crippen LogP contribution in [0.5, 0.6) is 0 Å². The fraction of sp³-hybridized carbons (Fsp3) is 0.143. The summed E-state index contributed by atoms with van der Waals surface area (Å²) in [6, 6.07) is 5.40. The summed E-state index contributed by atoms with van der Waals surface area (Å²) >= 11 is 16.5. The number of rotatable bonds is 5. The van der Waals surface area contributed by atoms with Gasteiger partial charge in [-0.1, -0.05) is 52.4 Å². The highest BCUT2D eigenvalue weighted by atomic mass is 35.5. The molecule has 2 aromatic heterocycles. The highest BCUT2D eigenvalue weighted by Crippen LogP contribution is 2.33. The van der Waals surface area contributed by atoms with E-state index in [0.29, 0.717) is 26.6 Å². The smallest absolute Gasteiger partial charge is 0.276 e. The van der Waals surface area contributed by atoms with Crippen LogP contribution in [0.4, 0.5) is 5.13 Å². The Morgan fingerprint density at radius 2 is 2.04 bits per heavy atom. The van der Waals surface area contributed by atoms with E-state index >= 15 is 0 Å². The highest BCUT2D eigenvalue weighted by molar-refractivity contribution is 8.00. The Morgan fingerprint density at radius 1 is 1.29 bits per heavy atom. The molecule has 0 aliphatic heterocycles. The molecular formula is C14H10Cl2N4OS3. The van der Waals surface area contributed by atoms with Gasteiger partial charge in [0.1, 0.15) is 5.69 Å². The molecule has 5 nitrogen and oxygen atoms in total. The number of thioether (sulfide) groups is 1. The van der Waals surface area contributed by atoms with E-state index in [0.717, 1.165) is 14.9 Å². The van der Waals surface area contributed by atoms with Gasteiger partial charge in [-0.2, -0.15) is 0 Å². The molecule has 3 aromatic rings. The second-order valence-electron chi connectivity index (χ2n) is 4.57. The summed E-state index contributed by atoms with van der Waals surface area (Å²) in [4.78, 5) is 16.2. The molecule has 0 aliphatic carbocycles. The largest absolute Gasteiger partial charge is 0.295 e. The van der Waals surface area contributed by atoms with E-state index < -0.39 is 0 Å². The molecular weight excluding hydrogens is 407 g/mol. The third-order valence-corrected chi connectivity index (χ3v) is 6.36. The predicted octanol–water partition coefficient (Wildman–Crippen LogP) is 5.15. The number of thiazole rings is 1. The van der Waals surface area contributed by atoms with Crippen molar-refractivity contribution in [2.45, 2.75) is 17.0 Å². The van der Waals surface area contributed by atoms with Crippen LogP contribution in [-0.4, -0.2) is 21.1 Å². The standard InChI is InChI=1S/C14H10Cl2N4OS3/c1-7-17-11(6-22-7)12(21)18-13-19-20-14(24-13)23-5-8-9(15)3-2-4-10(8)16/h2-4,6H,5H2,1H3,(H,18,19,21). The van der Waals surface area contributed by atoms with Crippen molar-refractivity contribution in [3.8, 4) is 0 Å². The SMILES string of the molecule is Cc1nc(C(=O)Nc2nnc(SCc3c(Cl)cccc3Cl)s2)cs1. The first-order chi connectivity index (χ1) is 11.5. The van der Waals surface area contributed by atoms with Gasteiger partial charge in [0.15, 0.2) is 4.34 Å². The topological polar surface area (TPSA) is 67.8 Å². The van der Waals surface area contributed by atoms with Crippen molar-refractivity contribution in [1.29, 1.82) is 0 Å². The molecule has 124 valence electrons. The minimum Gasteiger partial charge on any atom is -0.295 e. The maximum atomic E-state index is 12.0. The van der Waals surface area contributed by atoms with E-state index in [1.807, 2.05) is 6.92 Å². The van der Waals surface area contributed by atoms with E-state index in [-0.39, 0.29) is 5.91 Å². The van der Waals surface area contributed by atoms with Crippen molar-refractivity contribution in [3.63, 3.8) is 0 Å². The molecule has 10 heteroatoms. The first kappa shape index (κ1) is 17.6. The molecule has 0 atom stereocenters. The number of nitrogens with one attached hydrogen (secondary N) is 1. The van der Waals surface area contributed by atoms with Crippen LogP contribution < -0.4 is 5.32 Å². The lowest BCUT2D eigenvalue weighted by Gasteiger charge is -2.04. The number of anilines is 1. The number of hydrogen-bond acceptors (Lipinski definition) is 7. The van der Waals surface area contributed by atoms with Gasteiger partial charge < -0.3 is 0 Å².